The standard InChI is InChI=1S/C5H7N3O2/c1-4-2-5(8-10-4)6-3-7-9/h2-3,9H,1H3,(H,6,7,8). The van der Waals surface area contributed by atoms with Gasteiger partial charge in [0.15, 0.2) is 5.82 Å². The average Bonchev–Trinajstić information content (AvgIpc) is 2.31. The fraction of sp³-hybridized carbons (Fsp3) is 0.200. The van der Waals surface area contributed by atoms with Crippen molar-refractivity contribution in [2.75, 3.05) is 0 Å². The third-order valence-electron chi connectivity index (χ3n) is 0.870. The molecule has 0 fully saturated rings. The van der Waals surface area contributed by atoms with Crippen LogP contribution in [0.1, 0.15) is 5.76 Å². The minimum Gasteiger partial charge on any atom is -0.359 e. The molecule has 5 heteroatoms. The molecule has 0 aliphatic carbocycles. The van der Waals surface area contributed by atoms with Crippen LogP contribution in [0.15, 0.2) is 15.6 Å². The predicted octanol–water partition coefficient (Wildman–Crippen LogP) is 0.622. The summed E-state index contributed by atoms with van der Waals surface area (Å²) in [4.78, 5) is 3.65. The molecule has 0 amide bonds. The molecular weight excluding hydrogens is 134 g/mol. The van der Waals surface area contributed by atoms with E-state index in [9.17, 15) is 0 Å². The van der Waals surface area contributed by atoms with Crippen LogP contribution in [-0.4, -0.2) is 16.7 Å². The van der Waals surface area contributed by atoms with Crippen molar-refractivity contribution < 1.29 is 9.73 Å². The second kappa shape index (κ2) is 2.98. The van der Waals surface area contributed by atoms with Crippen LogP contribution in [0.25, 0.3) is 0 Å². The third-order valence-corrected chi connectivity index (χ3v) is 0.870. The zero-order valence-corrected chi connectivity index (χ0v) is 5.40. The van der Waals surface area contributed by atoms with Gasteiger partial charge in [0.05, 0.1) is 0 Å². The molecule has 1 aromatic heterocycles. The van der Waals surface area contributed by atoms with Gasteiger partial charge in [-0.1, -0.05) is 5.16 Å². The van der Waals surface area contributed by atoms with E-state index < -0.39 is 0 Å². The summed E-state index contributed by atoms with van der Waals surface area (Å²) in [5.74, 6) is 1.11. The fourth-order valence-corrected chi connectivity index (χ4v) is 0.509. The second-order valence-corrected chi connectivity index (χ2v) is 1.68. The topological polar surface area (TPSA) is 70.7 Å². The molecule has 10 heavy (non-hydrogen) atoms. The van der Waals surface area contributed by atoms with Crippen molar-refractivity contribution in [3.63, 3.8) is 0 Å². The fourth-order valence-electron chi connectivity index (χ4n) is 0.509. The summed E-state index contributed by atoms with van der Waals surface area (Å²) in [6, 6.07) is 1.65. The van der Waals surface area contributed by atoms with Gasteiger partial charge in [-0.2, -0.15) is 0 Å². The Morgan fingerprint density at radius 2 is 2.70 bits per heavy atom. The molecule has 54 valence electrons. The summed E-state index contributed by atoms with van der Waals surface area (Å²) in [5.41, 5.74) is 1.75. The zero-order valence-electron chi connectivity index (χ0n) is 5.40. The Morgan fingerprint density at radius 1 is 1.90 bits per heavy atom. The van der Waals surface area contributed by atoms with Crippen molar-refractivity contribution >= 4 is 12.2 Å². The molecule has 0 atom stereocenters. The first kappa shape index (κ1) is 6.76. The van der Waals surface area contributed by atoms with Crippen LogP contribution >= 0.6 is 0 Å². The summed E-state index contributed by atoms with van der Waals surface area (Å²) in [7, 11) is 0. The van der Waals surface area contributed by atoms with Crippen molar-refractivity contribution in [1.29, 1.82) is 0 Å². The van der Waals surface area contributed by atoms with Crippen LogP contribution in [0.3, 0.4) is 0 Å². The van der Waals surface area contributed by atoms with E-state index in [0.717, 1.165) is 6.34 Å². The number of aryl methyl sites for hydroxylation is 1. The van der Waals surface area contributed by atoms with Crippen molar-refractivity contribution in [2.45, 2.75) is 6.92 Å². The van der Waals surface area contributed by atoms with Crippen LogP contribution in [-0.2, 0) is 0 Å². The molecule has 0 aliphatic rings. The van der Waals surface area contributed by atoms with Crippen LogP contribution in [0.4, 0.5) is 5.82 Å². The van der Waals surface area contributed by atoms with Gasteiger partial charge in [-0.25, -0.2) is 4.99 Å². The van der Waals surface area contributed by atoms with Gasteiger partial charge in [-0.05, 0) is 6.92 Å². The molecular formula is C5H7N3O2. The minimum absolute atomic E-state index is 0.430. The molecule has 1 rings (SSSR count). The van der Waals surface area contributed by atoms with Crippen molar-refractivity contribution in [2.24, 2.45) is 4.99 Å². The number of nitrogens with one attached hydrogen (secondary N) is 1. The lowest BCUT2D eigenvalue weighted by Crippen LogP contribution is -2.00. The number of hydrogen-bond donors (Lipinski definition) is 2. The van der Waals surface area contributed by atoms with Crippen molar-refractivity contribution in [3.05, 3.63) is 11.8 Å². The van der Waals surface area contributed by atoms with Gasteiger partial charge in [0.25, 0.3) is 0 Å². The van der Waals surface area contributed by atoms with Crippen LogP contribution in [0.5, 0.6) is 0 Å². The molecule has 5 nitrogen and oxygen atoms in total. The highest BCUT2D eigenvalue weighted by molar-refractivity contribution is 5.57. The van der Waals surface area contributed by atoms with Crippen LogP contribution < -0.4 is 5.48 Å². The zero-order chi connectivity index (χ0) is 7.40. The quantitative estimate of drug-likeness (QED) is 0.360. The summed E-state index contributed by atoms with van der Waals surface area (Å²) in [5, 5.41) is 11.6. The summed E-state index contributed by atoms with van der Waals surface area (Å²) in [6.07, 6.45) is 1.11. The van der Waals surface area contributed by atoms with E-state index in [-0.39, 0.29) is 0 Å². The Hall–Kier alpha value is -1.36. The number of aliphatic imine (C=N–C) groups is 1. The van der Waals surface area contributed by atoms with Gasteiger partial charge in [-0.15, -0.1) is 0 Å². The third kappa shape index (κ3) is 1.56. The number of rotatable bonds is 2. The predicted molar refractivity (Wildman–Crippen MR) is 34.3 cm³/mol. The lowest BCUT2D eigenvalue weighted by molar-refractivity contribution is 0.240. The Bertz CT molecular complexity index is 231. The van der Waals surface area contributed by atoms with Crippen LogP contribution in [0.2, 0.25) is 0 Å². The maximum Gasteiger partial charge on any atom is 0.196 e. The molecule has 0 saturated heterocycles. The summed E-state index contributed by atoms with van der Waals surface area (Å²) < 4.78 is 4.69. The molecule has 0 aromatic carbocycles. The molecule has 0 aliphatic heterocycles. The van der Waals surface area contributed by atoms with E-state index in [1.807, 2.05) is 0 Å². The van der Waals surface area contributed by atoms with Crippen LogP contribution in [0, 0.1) is 6.92 Å². The van der Waals surface area contributed by atoms with Gasteiger partial charge in [0.1, 0.15) is 12.1 Å². The first-order valence-corrected chi connectivity index (χ1v) is 2.68. The first-order chi connectivity index (χ1) is 4.83. The molecule has 1 aromatic rings. The van der Waals surface area contributed by atoms with E-state index in [1.165, 1.54) is 0 Å². The largest absolute Gasteiger partial charge is 0.359 e. The molecule has 1 heterocycles. The number of aromatic nitrogens is 1. The Kier molecular flexibility index (Phi) is 2.01. The highest BCUT2D eigenvalue weighted by Gasteiger charge is 1.93. The highest BCUT2D eigenvalue weighted by atomic mass is 16.5. The van der Waals surface area contributed by atoms with Gasteiger partial charge < -0.3 is 4.52 Å². The minimum atomic E-state index is 0.430. The number of hydroxylamine groups is 1. The second-order valence-electron chi connectivity index (χ2n) is 1.68. The summed E-state index contributed by atoms with van der Waals surface area (Å²) in [6.45, 7) is 1.76. The lowest BCUT2D eigenvalue weighted by atomic mass is 10.5. The van der Waals surface area contributed by atoms with E-state index in [4.69, 9.17) is 5.21 Å². The van der Waals surface area contributed by atoms with E-state index in [2.05, 4.69) is 14.7 Å². The molecule has 0 radical (unpaired) electrons. The highest BCUT2D eigenvalue weighted by Crippen LogP contribution is 2.08. The number of hydrogen-bond acceptors (Lipinski definition) is 4. The van der Waals surface area contributed by atoms with Crippen molar-refractivity contribution in [3.8, 4) is 0 Å². The van der Waals surface area contributed by atoms with Gasteiger partial charge in [0, 0.05) is 6.07 Å². The smallest absolute Gasteiger partial charge is 0.196 e. The summed E-state index contributed by atoms with van der Waals surface area (Å²) >= 11 is 0. The monoisotopic (exact) mass is 141 g/mol. The SMILES string of the molecule is Cc1cc(N=CNO)no1. The van der Waals surface area contributed by atoms with Gasteiger partial charge >= 0.3 is 0 Å². The van der Waals surface area contributed by atoms with E-state index in [1.54, 1.807) is 18.5 Å². The van der Waals surface area contributed by atoms with E-state index >= 15 is 0 Å². The Labute approximate surface area is 57.3 Å². The Morgan fingerprint density at radius 3 is 3.20 bits per heavy atom. The number of nitrogens with zero attached hydrogens (tertiary/aromatic N) is 2. The van der Waals surface area contributed by atoms with Crippen molar-refractivity contribution in [1.82, 2.24) is 10.6 Å². The first-order valence-electron chi connectivity index (χ1n) is 2.68. The molecule has 2 N–H and O–H groups in total. The van der Waals surface area contributed by atoms with Gasteiger partial charge in [-0.3, -0.25) is 10.7 Å². The lowest BCUT2D eigenvalue weighted by Gasteiger charge is -1.79. The molecule has 0 spiro atoms. The molecule has 0 saturated carbocycles. The Balaban J connectivity index is 2.67. The molecule has 0 unspecified atom stereocenters. The van der Waals surface area contributed by atoms with Gasteiger partial charge in [0.2, 0.25) is 0 Å². The maximum absolute atomic E-state index is 8.08. The van der Waals surface area contributed by atoms with E-state index in [0.29, 0.717) is 11.6 Å². The molecule has 0 bridgehead atoms. The maximum atomic E-state index is 8.08. The average molecular weight is 141 g/mol. The normalized spacial score (nSPS) is 10.6.